The largest absolute Gasteiger partial charge is 0.275 e. The van der Waals surface area contributed by atoms with Gasteiger partial charge in [0.15, 0.2) is 0 Å². The van der Waals surface area contributed by atoms with E-state index in [0.29, 0.717) is 10.5 Å². The Morgan fingerprint density at radius 2 is 1.41 bits per heavy atom. The van der Waals surface area contributed by atoms with Crippen molar-refractivity contribution >= 4 is 62.9 Å². The lowest BCUT2D eigenvalue weighted by atomic mass is 10.2. The van der Waals surface area contributed by atoms with Crippen molar-refractivity contribution in [2.45, 2.75) is 0 Å². The van der Waals surface area contributed by atoms with Crippen LogP contribution in [-0.2, 0) is 9.59 Å². The molecule has 17 heavy (non-hydrogen) atoms. The van der Waals surface area contributed by atoms with Gasteiger partial charge in [-0.25, -0.2) is 4.90 Å². The molecule has 4 nitrogen and oxygen atoms in total. The zero-order chi connectivity index (χ0) is 12.6. The van der Waals surface area contributed by atoms with Crippen molar-refractivity contribution in [3.8, 4) is 0 Å². The van der Waals surface area contributed by atoms with E-state index in [-0.39, 0.29) is 7.16 Å². The molecule has 3 amide bonds. The Bertz CT molecular complexity index is 527. The summed E-state index contributed by atoms with van der Waals surface area (Å²) in [6, 6.07) is 8.27. The zero-order valence-electron chi connectivity index (χ0n) is 8.31. The number of amides is 3. The zero-order valence-corrected chi connectivity index (χ0v) is 12.6. The van der Waals surface area contributed by atoms with Gasteiger partial charge in [0.05, 0.1) is 7.16 Å². The van der Waals surface area contributed by atoms with Gasteiger partial charge in [-0.3, -0.25) is 14.4 Å². The highest BCUT2D eigenvalue weighted by atomic mass is 127. The smallest absolute Gasteiger partial charge is 0.268 e. The summed E-state index contributed by atoms with van der Waals surface area (Å²) >= 11 is 3.55. The number of rotatable bonds is 1. The van der Waals surface area contributed by atoms with Crippen LogP contribution >= 0.6 is 45.2 Å². The maximum absolute atomic E-state index is 12.0. The molecule has 0 bridgehead atoms. The molecule has 1 aliphatic heterocycles. The molecular weight excluding hydrogens is 448 g/mol. The summed E-state index contributed by atoms with van der Waals surface area (Å²) in [5, 5.41) is 0. The van der Waals surface area contributed by atoms with Gasteiger partial charge in [-0.1, -0.05) is 18.2 Å². The number of halogens is 2. The van der Waals surface area contributed by atoms with Gasteiger partial charge in [-0.15, -0.1) is 0 Å². The third-order valence-electron chi connectivity index (χ3n) is 2.20. The lowest BCUT2D eigenvalue weighted by Gasteiger charge is -2.11. The average molecular weight is 453 g/mol. The number of carbonyl (C=O) groups excluding carboxylic acids is 3. The maximum atomic E-state index is 12.0. The summed E-state index contributed by atoms with van der Waals surface area (Å²) in [4.78, 5) is 36.2. The van der Waals surface area contributed by atoms with Crippen LogP contribution in [0.25, 0.3) is 0 Å². The fourth-order valence-electron chi connectivity index (χ4n) is 1.37. The van der Waals surface area contributed by atoms with Gasteiger partial charge < -0.3 is 0 Å². The Labute approximate surface area is 124 Å². The molecule has 2 rings (SSSR count). The topological polar surface area (TPSA) is 54.5 Å². The lowest BCUT2D eigenvalue weighted by molar-refractivity contribution is -0.133. The van der Waals surface area contributed by atoms with Crippen LogP contribution in [0.2, 0.25) is 0 Å². The minimum absolute atomic E-state index is 0.289. The molecule has 0 radical (unpaired) electrons. The van der Waals surface area contributed by atoms with E-state index in [9.17, 15) is 14.4 Å². The van der Waals surface area contributed by atoms with E-state index in [1.165, 1.54) is 0 Å². The summed E-state index contributed by atoms with van der Waals surface area (Å²) in [5.74, 6) is -1.68. The van der Waals surface area contributed by atoms with E-state index in [1.807, 2.05) is 0 Å². The van der Waals surface area contributed by atoms with Gasteiger partial charge in [0.2, 0.25) is 0 Å². The normalized spacial score (nSPS) is 15.8. The second-order valence-corrected chi connectivity index (χ2v) is 5.40. The molecule has 0 saturated heterocycles. The second kappa shape index (κ2) is 4.84. The fraction of sp³-hybridized carbons (Fsp3) is 0. The highest BCUT2D eigenvalue weighted by Gasteiger charge is 2.40. The van der Waals surface area contributed by atoms with Gasteiger partial charge in [0.1, 0.15) is 0 Å². The first-order valence-corrected chi connectivity index (χ1v) is 6.73. The van der Waals surface area contributed by atoms with Crippen molar-refractivity contribution in [2.75, 3.05) is 0 Å². The summed E-state index contributed by atoms with van der Waals surface area (Å²) in [6.45, 7) is 0. The molecule has 0 unspecified atom stereocenters. The predicted octanol–water partition coefficient (Wildman–Crippen LogP) is 2.28. The summed E-state index contributed by atoms with van der Waals surface area (Å²) < 4.78 is 0.579. The molecule has 6 heteroatoms. The average Bonchev–Trinajstić information content (AvgIpc) is 2.54. The van der Waals surface area contributed by atoms with Crippen molar-refractivity contribution in [3.63, 3.8) is 0 Å². The first-order chi connectivity index (χ1) is 8.04. The van der Waals surface area contributed by atoms with Gasteiger partial charge in [-0.05, 0) is 57.3 Å². The first kappa shape index (κ1) is 12.7. The van der Waals surface area contributed by atoms with Crippen LogP contribution < -0.4 is 0 Å². The first-order valence-electron chi connectivity index (χ1n) is 4.57. The molecule has 0 spiro atoms. The van der Waals surface area contributed by atoms with Crippen LogP contribution in [0.5, 0.6) is 0 Å². The Balaban J connectivity index is 2.36. The molecule has 0 aliphatic carbocycles. The van der Waals surface area contributed by atoms with Crippen LogP contribution in [0.3, 0.4) is 0 Å². The summed E-state index contributed by atoms with van der Waals surface area (Å²) in [7, 11) is 0. The van der Waals surface area contributed by atoms with Crippen molar-refractivity contribution in [3.05, 3.63) is 43.1 Å². The van der Waals surface area contributed by atoms with Crippen molar-refractivity contribution in [2.24, 2.45) is 0 Å². The third-order valence-corrected chi connectivity index (χ3v) is 5.23. The highest BCUT2D eigenvalue weighted by molar-refractivity contribution is 14.1. The van der Waals surface area contributed by atoms with Gasteiger partial charge in [0, 0.05) is 5.56 Å². The number of hydrogen-bond donors (Lipinski definition) is 0. The van der Waals surface area contributed by atoms with Crippen LogP contribution in [-0.4, -0.2) is 22.6 Å². The Hall–Kier alpha value is -0.770. The molecule has 86 valence electrons. The van der Waals surface area contributed by atoms with Crippen LogP contribution in [0.4, 0.5) is 0 Å². The number of imide groups is 3. The van der Waals surface area contributed by atoms with E-state index < -0.39 is 17.7 Å². The number of hydrogen-bond acceptors (Lipinski definition) is 3. The van der Waals surface area contributed by atoms with Crippen LogP contribution in [0.15, 0.2) is 37.5 Å². The monoisotopic (exact) mass is 453 g/mol. The standard InChI is InChI=1S/C11H5I2NO3/c12-7-8(13)11(17)14(10(7)16)9(15)6-4-2-1-3-5-6/h1-5H. The molecule has 0 saturated carbocycles. The number of benzene rings is 1. The third kappa shape index (κ3) is 2.15. The fourth-order valence-corrected chi connectivity index (χ4v) is 2.31. The minimum atomic E-state index is -0.582. The Kier molecular flexibility index (Phi) is 3.61. The van der Waals surface area contributed by atoms with Crippen molar-refractivity contribution in [1.29, 1.82) is 0 Å². The lowest BCUT2D eigenvalue weighted by Crippen LogP contribution is -2.37. The Morgan fingerprint density at radius 1 is 0.941 bits per heavy atom. The molecule has 0 N–H and O–H groups in total. The van der Waals surface area contributed by atoms with Crippen molar-refractivity contribution < 1.29 is 14.4 Å². The molecular formula is C11H5I2NO3. The van der Waals surface area contributed by atoms with Crippen LogP contribution in [0, 0.1) is 0 Å². The summed E-state index contributed by atoms with van der Waals surface area (Å²) in [6.07, 6.45) is 0. The van der Waals surface area contributed by atoms with E-state index in [0.717, 1.165) is 0 Å². The van der Waals surface area contributed by atoms with E-state index in [1.54, 1.807) is 75.5 Å². The van der Waals surface area contributed by atoms with Gasteiger partial charge >= 0.3 is 0 Å². The minimum Gasteiger partial charge on any atom is -0.268 e. The molecule has 1 aromatic rings. The Morgan fingerprint density at radius 3 is 1.88 bits per heavy atom. The maximum Gasteiger partial charge on any atom is 0.275 e. The number of nitrogens with zero attached hydrogens (tertiary/aromatic N) is 1. The van der Waals surface area contributed by atoms with Crippen molar-refractivity contribution in [1.82, 2.24) is 4.90 Å². The highest BCUT2D eigenvalue weighted by Crippen LogP contribution is 2.31. The predicted molar refractivity (Wildman–Crippen MR) is 77.7 cm³/mol. The van der Waals surface area contributed by atoms with Gasteiger partial charge in [-0.2, -0.15) is 0 Å². The molecule has 0 aromatic heterocycles. The van der Waals surface area contributed by atoms with Gasteiger partial charge in [0.25, 0.3) is 17.7 Å². The quantitative estimate of drug-likeness (QED) is 0.485. The molecule has 0 fully saturated rings. The van der Waals surface area contributed by atoms with E-state index >= 15 is 0 Å². The summed E-state index contributed by atoms with van der Waals surface area (Å²) in [5.41, 5.74) is 0.324. The number of carbonyl (C=O) groups is 3. The molecule has 1 heterocycles. The second-order valence-electron chi connectivity index (χ2n) is 3.24. The molecule has 1 aliphatic rings. The molecule has 0 atom stereocenters. The SMILES string of the molecule is O=C1C(I)=C(I)C(=O)N1C(=O)c1ccccc1. The van der Waals surface area contributed by atoms with Crippen LogP contribution in [0.1, 0.15) is 10.4 Å². The van der Waals surface area contributed by atoms with E-state index in [2.05, 4.69) is 0 Å². The van der Waals surface area contributed by atoms with E-state index in [4.69, 9.17) is 0 Å². The molecule has 1 aromatic carbocycles.